The second-order valence-corrected chi connectivity index (χ2v) is 6.05. The Bertz CT molecular complexity index is 793. The zero-order chi connectivity index (χ0) is 15.5. The van der Waals surface area contributed by atoms with E-state index in [0.29, 0.717) is 11.4 Å². The third-order valence-corrected chi connectivity index (χ3v) is 3.09. The van der Waals surface area contributed by atoms with Crippen LogP contribution in [0.1, 0.15) is 11.5 Å². The first-order chi connectivity index (χ1) is 9.87. The molecule has 0 radical (unpaired) electrons. The number of hydrogen-bond acceptors (Lipinski definition) is 5. The summed E-state index contributed by atoms with van der Waals surface area (Å²) in [5, 5.41) is 11.6. The Balaban J connectivity index is 2.10. The molecule has 6 nitrogen and oxygen atoms in total. The molecule has 0 aliphatic heterocycles. The first-order valence-corrected chi connectivity index (χ1v) is 7.76. The van der Waals surface area contributed by atoms with Crippen LogP contribution < -0.4 is 10.0 Å². The van der Waals surface area contributed by atoms with Gasteiger partial charge >= 0.3 is 0 Å². The van der Waals surface area contributed by atoms with Gasteiger partial charge in [0.15, 0.2) is 0 Å². The molecular weight excluding hydrogens is 297 g/mol. The van der Waals surface area contributed by atoms with Gasteiger partial charge in [-0.1, -0.05) is 0 Å². The van der Waals surface area contributed by atoms with Crippen LogP contribution in [0.5, 0.6) is 0 Å². The van der Waals surface area contributed by atoms with Crippen LogP contribution in [0, 0.1) is 17.1 Å². The zero-order valence-corrected chi connectivity index (χ0v) is 11.9. The molecule has 0 fully saturated rings. The van der Waals surface area contributed by atoms with Crippen molar-refractivity contribution in [3.63, 3.8) is 0 Å². The van der Waals surface area contributed by atoms with Gasteiger partial charge in [0.2, 0.25) is 15.8 Å². The fourth-order valence-electron chi connectivity index (χ4n) is 1.64. The molecule has 0 saturated heterocycles. The van der Waals surface area contributed by atoms with Gasteiger partial charge in [-0.05, 0) is 30.3 Å². The number of rotatable bonds is 5. The normalized spacial score (nSPS) is 10.9. The molecule has 8 heteroatoms. The van der Waals surface area contributed by atoms with Gasteiger partial charge in [-0.2, -0.15) is 5.26 Å². The molecule has 2 rings (SSSR count). The van der Waals surface area contributed by atoms with E-state index in [2.05, 4.69) is 10.0 Å². The van der Waals surface area contributed by atoms with Crippen molar-refractivity contribution in [1.82, 2.24) is 0 Å². The van der Waals surface area contributed by atoms with Crippen LogP contribution >= 0.6 is 0 Å². The lowest BCUT2D eigenvalue weighted by molar-refractivity contribution is 0.506. The second-order valence-electron chi connectivity index (χ2n) is 4.30. The maximum atomic E-state index is 13.5. The molecule has 0 aliphatic carbocycles. The minimum absolute atomic E-state index is 0.139. The Kier molecular flexibility index (Phi) is 4.14. The number of nitrogens with zero attached hydrogens (tertiary/aromatic N) is 1. The average molecular weight is 309 g/mol. The minimum Gasteiger partial charge on any atom is -0.449 e. The van der Waals surface area contributed by atoms with Gasteiger partial charge in [-0.15, -0.1) is 0 Å². The number of nitriles is 1. The summed E-state index contributed by atoms with van der Waals surface area (Å²) in [5.41, 5.74) is 0.372. The Morgan fingerprint density at radius 1 is 1.33 bits per heavy atom. The molecule has 110 valence electrons. The molecule has 21 heavy (non-hydrogen) atoms. The van der Waals surface area contributed by atoms with Crippen LogP contribution in [-0.2, 0) is 16.6 Å². The number of anilines is 2. The van der Waals surface area contributed by atoms with Gasteiger partial charge in [-0.25, -0.2) is 12.8 Å². The number of benzene rings is 1. The predicted molar refractivity (Wildman–Crippen MR) is 75.6 cm³/mol. The lowest BCUT2D eigenvalue weighted by atomic mass is 10.2. The van der Waals surface area contributed by atoms with Crippen molar-refractivity contribution in [2.45, 2.75) is 6.54 Å². The molecule has 0 unspecified atom stereocenters. The molecule has 0 aliphatic rings. The van der Waals surface area contributed by atoms with E-state index in [0.717, 1.165) is 12.3 Å². The van der Waals surface area contributed by atoms with Crippen molar-refractivity contribution in [2.75, 3.05) is 16.3 Å². The van der Waals surface area contributed by atoms with Gasteiger partial charge in [0.05, 0.1) is 18.5 Å². The van der Waals surface area contributed by atoms with Crippen molar-refractivity contribution >= 4 is 21.4 Å². The Labute approximate surface area is 121 Å². The number of hydrogen-bond donors (Lipinski definition) is 2. The van der Waals surface area contributed by atoms with Crippen molar-refractivity contribution < 1.29 is 17.2 Å². The molecule has 2 aromatic rings. The predicted octanol–water partition coefficient (Wildman–Crippen LogP) is 2.27. The first kappa shape index (κ1) is 14.9. The fraction of sp³-hybridized carbons (Fsp3) is 0.154. The highest BCUT2D eigenvalue weighted by Crippen LogP contribution is 2.21. The van der Waals surface area contributed by atoms with Crippen LogP contribution in [0.3, 0.4) is 0 Å². The molecule has 1 heterocycles. The highest BCUT2D eigenvalue weighted by atomic mass is 32.2. The Morgan fingerprint density at radius 2 is 2.10 bits per heavy atom. The van der Waals surface area contributed by atoms with Crippen molar-refractivity contribution in [3.8, 4) is 6.07 Å². The molecule has 1 aromatic carbocycles. The minimum atomic E-state index is -3.56. The van der Waals surface area contributed by atoms with E-state index in [1.807, 2.05) is 6.07 Å². The molecule has 0 amide bonds. The van der Waals surface area contributed by atoms with Crippen molar-refractivity contribution in [1.29, 1.82) is 5.26 Å². The maximum Gasteiger partial charge on any atom is 0.229 e. The van der Waals surface area contributed by atoms with Gasteiger partial charge < -0.3 is 9.73 Å². The van der Waals surface area contributed by atoms with Crippen LogP contribution in [0.2, 0.25) is 0 Å². The number of halogens is 1. The van der Waals surface area contributed by atoms with Gasteiger partial charge in [-0.3, -0.25) is 4.72 Å². The molecule has 0 bridgehead atoms. The topological polar surface area (TPSA) is 95.1 Å². The van der Waals surface area contributed by atoms with Crippen LogP contribution in [0.25, 0.3) is 0 Å². The van der Waals surface area contributed by atoms with E-state index < -0.39 is 15.8 Å². The third kappa shape index (κ3) is 4.22. The van der Waals surface area contributed by atoms with Crippen molar-refractivity contribution in [3.05, 3.63) is 47.7 Å². The SMILES string of the molecule is CS(=O)(=O)Nc1cc(NCc2ccc(C#N)o2)ccc1F. The third-order valence-electron chi connectivity index (χ3n) is 2.50. The van der Waals surface area contributed by atoms with Gasteiger partial charge in [0, 0.05) is 5.69 Å². The van der Waals surface area contributed by atoms with Gasteiger partial charge in [0.25, 0.3) is 0 Å². The molecular formula is C13H12FN3O3S. The van der Waals surface area contributed by atoms with E-state index in [9.17, 15) is 12.8 Å². The maximum absolute atomic E-state index is 13.5. The standard InChI is InChI=1S/C13H12FN3O3S/c1-21(18,19)17-13-6-9(2-5-12(13)14)16-8-11-4-3-10(7-15)20-11/h2-6,16-17H,8H2,1H3. The van der Waals surface area contributed by atoms with Crippen LogP contribution in [-0.4, -0.2) is 14.7 Å². The smallest absolute Gasteiger partial charge is 0.229 e. The molecule has 0 spiro atoms. The van der Waals surface area contributed by atoms with Crippen LogP contribution in [0.4, 0.5) is 15.8 Å². The zero-order valence-electron chi connectivity index (χ0n) is 11.1. The lowest BCUT2D eigenvalue weighted by Gasteiger charge is -2.09. The molecule has 0 saturated carbocycles. The summed E-state index contributed by atoms with van der Waals surface area (Å²) in [6.07, 6.45) is 0.943. The number of sulfonamides is 1. The van der Waals surface area contributed by atoms with Crippen molar-refractivity contribution in [2.24, 2.45) is 0 Å². The monoisotopic (exact) mass is 309 g/mol. The Hall–Kier alpha value is -2.53. The van der Waals surface area contributed by atoms with Crippen LogP contribution in [0.15, 0.2) is 34.7 Å². The number of furan rings is 1. The molecule has 2 N–H and O–H groups in total. The highest BCUT2D eigenvalue weighted by Gasteiger charge is 2.09. The number of nitrogens with one attached hydrogen (secondary N) is 2. The van der Waals surface area contributed by atoms with E-state index >= 15 is 0 Å². The highest BCUT2D eigenvalue weighted by molar-refractivity contribution is 7.92. The Morgan fingerprint density at radius 3 is 2.71 bits per heavy atom. The van der Waals surface area contributed by atoms with E-state index in [1.165, 1.54) is 18.2 Å². The average Bonchev–Trinajstić information content (AvgIpc) is 2.86. The van der Waals surface area contributed by atoms with Gasteiger partial charge in [0.1, 0.15) is 17.6 Å². The summed E-state index contributed by atoms with van der Waals surface area (Å²) in [6, 6.07) is 9.01. The van der Waals surface area contributed by atoms with E-state index in [1.54, 1.807) is 6.07 Å². The summed E-state index contributed by atoms with van der Waals surface area (Å²) in [7, 11) is -3.56. The van der Waals surface area contributed by atoms with E-state index in [-0.39, 0.29) is 18.0 Å². The summed E-state index contributed by atoms with van der Waals surface area (Å²) >= 11 is 0. The summed E-state index contributed by atoms with van der Waals surface area (Å²) in [6.45, 7) is 0.283. The largest absolute Gasteiger partial charge is 0.449 e. The summed E-state index contributed by atoms with van der Waals surface area (Å²) in [5.74, 6) is 0.0644. The lowest BCUT2D eigenvalue weighted by Crippen LogP contribution is -2.11. The second kappa shape index (κ2) is 5.85. The first-order valence-electron chi connectivity index (χ1n) is 5.87. The molecule has 0 atom stereocenters. The summed E-state index contributed by atoms with van der Waals surface area (Å²) in [4.78, 5) is 0. The fourth-order valence-corrected chi connectivity index (χ4v) is 2.19. The quantitative estimate of drug-likeness (QED) is 0.883. The molecule has 1 aromatic heterocycles. The summed E-state index contributed by atoms with van der Waals surface area (Å²) < 4.78 is 43.0. The van der Waals surface area contributed by atoms with E-state index in [4.69, 9.17) is 9.68 Å².